The van der Waals surface area contributed by atoms with Crippen LogP contribution in [-0.2, 0) is 15.9 Å². The second-order valence-electron chi connectivity index (χ2n) is 15.1. The molecule has 2 aliphatic heterocycles. The van der Waals surface area contributed by atoms with Crippen LogP contribution >= 0.6 is 0 Å². The highest BCUT2D eigenvalue weighted by Gasteiger charge is 2.49. The summed E-state index contributed by atoms with van der Waals surface area (Å²) in [6.45, 7) is 22.7. The van der Waals surface area contributed by atoms with Gasteiger partial charge in [0.25, 0.3) is 0 Å². The number of hydrogen-bond acceptors (Lipinski definition) is 10. The average molecular weight is 710 g/mol. The number of aryl methyl sites for hydroxylation is 1. The van der Waals surface area contributed by atoms with Crippen LogP contribution < -0.4 is 4.90 Å². The van der Waals surface area contributed by atoms with Gasteiger partial charge in [-0.25, -0.2) is 14.6 Å². The fourth-order valence-corrected chi connectivity index (χ4v) is 9.32. The van der Waals surface area contributed by atoms with Crippen LogP contribution in [0.25, 0.3) is 22.6 Å². The van der Waals surface area contributed by atoms with Crippen molar-refractivity contribution in [3.05, 3.63) is 17.0 Å². The lowest BCUT2D eigenvalue weighted by Gasteiger charge is -2.45. The van der Waals surface area contributed by atoms with Gasteiger partial charge in [0.1, 0.15) is 11.6 Å². The molecule has 1 N–H and O–H groups in total. The van der Waals surface area contributed by atoms with E-state index in [0.29, 0.717) is 30.7 Å². The number of ether oxygens (including phenoxy) is 2. The number of aromatic nitrogens is 5. The summed E-state index contributed by atoms with van der Waals surface area (Å²) in [7, 11) is 2.24. The minimum atomic E-state index is -0.671. The lowest BCUT2D eigenvalue weighted by atomic mass is 9.80. The van der Waals surface area contributed by atoms with Crippen molar-refractivity contribution in [3.8, 4) is 11.5 Å². The van der Waals surface area contributed by atoms with Gasteiger partial charge >= 0.3 is 0 Å². The van der Waals surface area contributed by atoms with Crippen LogP contribution in [0.3, 0.4) is 0 Å². The lowest BCUT2D eigenvalue weighted by Crippen LogP contribution is -2.51. The smallest absolute Gasteiger partial charge is 0.186 e. The van der Waals surface area contributed by atoms with Gasteiger partial charge in [-0.2, -0.15) is 5.10 Å². The maximum absolute atomic E-state index is 10.6. The van der Waals surface area contributed by atoms with Crippen LogP contribution in [0.15, 0.2) is 4.52 Å². The van der Waals surface area contributed by atoms with Crippen molar-refractivity contribution < 1.29 is 19.1 Å². The van der Waals surface area contributed by atoms with E-state index < -0.39 is 5.79 Å². The van der Waals surface area contributed by atoms with Gasteiger partial charge in [-0.05, 0) is 84.7 Å². The number of fused-ring (bicyclic) bond motifs is 2. The third-order valence-corrected chi connectivity index (χ3v) is 12.3. The molecule has 0 amide bonds. The molecule has 1 aliphatic carbocycles. The highest BCUT2D eigenvalue weighted by atomic mass is 16.7. The summed E-state index contributed by atoms with van der Waals surface area (Å²) >= 11 is 0. The van der Waals surface area contributed by atoms with E-state index >= 15 is 0 Å². The minimum Gasteiger partial charge on any atom is -0.394 e. The molecule has 0 spiro atoms. The molecule has 5 atom stereocenters. The minimum absolute atomic E-state index is 0.0194. The van der Waals surface area contributed by atoms with E-state index in [1.54, 1.807) is 0 Å². The van der Waals surface area contributed by atoms with Gasteiger partial charge in [0.05, 0.1) is 48.9 Å². The molecule has 4 unspecified atom stereocenters. The molecular formula is C40H67N7O4. The largest absolute Gasteiger partial charge is 0.394 e. The average Bonchev–Trinajstić information content (AvgIpc) is 3.91. The predicted octanol–water partition coefficient (Wildman–Crippen LogP) is 8.23. The molecule has 0 saturated carbocycles. The fourth-order valence-electron chi connectivity index (χ4n) is 9.32. The van der Waals surface area contributed by atoms with E-state index in [2.05, 4.69) is 70.0 Å². The van der Waals surface area contributed by atoms with Gasteiger partial charge in [0.2, 0.25) is 0 Å². The highest BCUT2D eigenvalue weighted by molar-refractivity contribution is 5.91. The first kappa shape index (κ1) is 39.6. The summed E-state index contributed by atoms with van der Waals surface area (Å²) in [6, 6.07) is 0.0304. The Morgan fingerprint density at radius 3 is 2.45 bits per heavy atom. The van der Waals surface area contributed by atoms with E-state index in [4.69, 9.17) is 34.2 Å². The van der Waals surface area contributed by atoms with Gasteiger partial charge in [-0.15, -0.1) is 0 Å². The number of anilines is 1. The highest BCUT2D eigenvalue weighted by Crippen LogP contribution is 2.48. The standard InChI is InChI=1S/C38H61N7O4.C2H6/c1-9-13-20-38(47-21-22-48-38)30-16-14-15-29-32(42-49-33(29)30)34-39-35(44-23-25(5)17-18-28(44)24-46)31-26(6)41-45(36(31)40-34)27(7)37(11-3,19-10-2)43(8)12-4;1-2/h25,27-28,30,46H,9-24H2,1-8H3;1-2H3/t25?,27?,28-,30?,37?;/m1./s1. The summed E-state index contributed by atoms with van der Waals surface area (Å²) in [5.41, 5.74) is 3.41. The monoisotopic (exact) mass is 710 g/mol. The zero-order valence-corrected chi connectivity index (χ0v) is 33.4. The van der Waals surface area contributed by atoms with Crippen molar-refractivity contribution >= 4 is 16.9 Å². The maximum Gasteiger partial charge on any atom is 0.186 e. The first-order valence-corrected chi connectivity index (χ1v) is 20.3. The van der Waals surface area contributed by atoms with Crippen LogP contribution in [0, 0.1) is 12.8 Å². The van der Waals surface area contributed by atoms with E-state index in [1.165, 1.54) is 0 Å². The first-order chi connectivity index (χ1) is 24.7. The molecule has 6 rings (SSSR count). The number of aliphatic hydroxyl groups excluding tert-OH is 1. The molecule has 0 bridgehead atoms. The number of nitrogens with zero attached hydrogens (tertiary/aromatic N) is 7. The number of piperidine rings is 1. The summed E-state index contributed by atoms with van der Waals surface area (Å²) in [5.74, 6) is 2.05. The first-order valence-electron chi connectivity index (χ1n) is 20.3. The number of aliphatic hydroxyl groups is 1. The van der Waals surface area contributed by atoms with Crippen LogP contribution in [0.4, 0.5) is 5.82 Å². The Hall–Kier alpha value is -2.60. The second-order valence-corrected chi connectivity index (χ2v) is 15.1. The SMILES string of the molecule is CC.CCCCC1(C2CCCc3c(-c4nc(N5CC(C)CC[C@@H]5CO)c5c(C)nn(C(C)C(CC)(CCC)N(C)CC)c5n4)noc32)OCCO1. The molecule has 3 aliphatic rings. The van der Waals surface area contributed by atoms with E-state index in [0.717, 1.165) is 118 Å². The summed E-state index contributed by atoms with van der Waals surface area (Å²) in [5, 5.41) is 21.6. The Kier molecular flexibility index (Phi) is 13.2. The summed E-state index contributed by atoms with van der Waals surface area (Å²) < 4.78 is 21.2. The Morgan fingerprint density at radius 1 is 1.06 bits per heavy atom. The van der Waals surface area contributed by atoms with Crippen molar-refractivity contribution in [3.63, 3.8) is 0 Å². The molecule has 3 aromatic rings. The zero-order valence-electron chi connectivity index (χ0n) is 33.4. The molecule has 3 aromatic heterocycles. The van der Waals surface area contributed by atoms with Crippen LogP contribution in [0.2, 0.25) is 0 Å². The number of hydrogen-bond donors (Lipinski definition) is 1. The quantitative estimate of drug-likeness (QED) is 0.176. The predicted molar refractivity (Wildman–Crippen MR) is 204 cm³/mol. The topological polar surface area (TPSA) is 115 Å². The van der Waals surface area contributed by atoms with Gasteiger partial charge in [-0.3, -0.25) is 4.90 Å². The van der Waals surface area contributed by atoms with Gasteiger partial charge in [0.15, 0.2) is 23.0 Å². The number of rotatable bonds is 14. The van der Waals surface area contributed by atoms with Crippen molar-refractivity contribution in [2.75, 3.05) is 44.9 Å². The fraction of sp³-hybridized carbons (Fsp3) is 0.800. The van der Waals surface area contributed by atoms with Crippen LogP contribution in [0.5, 0.6) is 0 Å². The third-order valence-electron chi connectivity index (χ3n) is 12.3. The molecular weight excluding hydrogens is 642 g/mol. The van der Waals surface area contributed by atoms with Crippen LogP contribution in [-0.4, -0.2) is 92.2 Å². The number of likely N-dealkylation sites (N-methyl/N-ethyl adjacent to an activating group) is 1. The van der Waals surface area contributed by atoms with Crippen molar-refractivity contribution in [1.82, 2.24) is 29.8 Å². The number of unbranched alkanes of at least 4 members (excludes halogenated alkanes) is 1. The van der Waals surface area contributed by atoms with E-state index in [1.807, 2.05) is 13.8 Å². The van der Waals surface area contributed by atoms with E-state index in [9.17, 15) is 5.11 Å². The van der Waals surface area contributed by atoms with Gasteiger partial charge in [0, 0.05) is 24.1 Å². The maximum atomic E-state index is 10.6. The molecule has 286 valence electrons. The molecule has 11 heteroatoms. The normalized spacial score (nSPS) is 23.6. The van der Waals surface area contributed by atoms with Crippen molar-refractivity contribution in [1.29, 1.82) is 0 Å². The molecule has 2 saturated heterocycles. The Bertz CT molecular complexity index is 1570. The summed E-state index contributed by atoms with van der Waals surface area (Å²) in [4.78, 5) is 15.5. The molecule has 0 aromatic carbocycles. The Morgan fingerprint density at radius 2 is 1.80 bits per heavy atom. The Labute approximate surface area is 306 Å². The van der Waals surface area contributed by atoms with Crippen molar-refractivity contribution in [2.24, 2.45) is 5.92 Å². The molecule has 2 fully saturated rings. The molecule has 0 radical (unpaired) electrons. The van der Waals surface area contributed by atoms with E-state index in [-0.39, 0.29) is 30.1 Å². The van der Waals surface area contributed by atoms with Gasteiger partial charge < -0.3 is 24.0 Å². The molecule has 11 nitrogen and oxygen atoms in total. The molecule has 5 heterocycles. The molecule has 51 heavy (non-hydrogen) atoms. The summed E-state index contributed by atoms with van der Waals surface area (Å²) in [6.07, 6.45) is 10.8. The second kappa shape index (κ2) is 17.0. The van der Waals surface area contributed by atoms with Gasteiger partial charge in [-0.1, -0.05) is 66.5 Å². The third kappa shape index (κ3) is 7.21. The Balaban J connectivity index is 0.00000248. The lowest BCUT2D eigenvalue weighted by molar-refractivity contribution is -0.186. The zero-order chi connectivity index (χ0) is 36.9. The van der Waals surface area contributed by atoms with Crippen LogP contribution in [0.1, 0.15) is 149 Å². The van der Waals surface area contributed by atoms with Crippen molar-refractivity contribution in [2.45, 2.75) is 162 Å².